The third kappa shape index (κ3) is 2.27. The van der Waals surface area contributed by atoms with Crippen LogP contribution in [0.5, 0.6) is 0 Å². The summed E-state index contributed by atoms with van der Waals surface area (Å²) in [6.45, 7) is 0.279. The molecule has 0 aliphatic carbocycles. The third-order valence-corrected chi connectivity index (χ3v) is 2.63. The van der Waals surface area contributed by atoms with Gasteiger partial charge in [0, 0.05) is 11.1 Å². The van der Waals surface area contributed by atoms with Crippen molar-refractivity contribution >= 4 is 22.7 Å². The van der Waals surface area contributed by atoms with E-state index in [1.165, 1.54) is 11.3 Å². The average Bonchev–Trinajstić information content (AvgIpc) is 2.68. The monoisotopic (exact) mass is 241 g/mol. The molecule has 1 aromatic heterocycles. The predicted molar refractivity (Wildman–Crippen MR) is 60.2 cm³/mol. The number of thiazole rings is 1. The van der Waals surface area contributed by atoms with Crippen LogP contribution in [0.15, 0.2) is 23.0 Å². The molecule has 0 unspecified atom stereocenters. The first kappa shape index (κ1) is 10.8. The van der Waals surface area contributed by atoms with Crippen LogP contribution in [0.3, 0.4) is 0 Å². The third-order valence-electron chi connectivity index (χ3n) is 1.99. The molecule has 84 valence electrons. The maximum Gasteiger partial charge on any atom is 0.151 e. The number of aromatic nitrogens is 1. The highest BCUT2D eigenvalue weighted by molar-refractivity contribution is 7.07. The molecular formula is C10H9F2N3S. The zero-order valence-corrected chi connectivity index (χ0v) is 9.02. The van der Waals surface area contributed by atoms with Gasteiger partial charge in [-0.1, -0.05) is 0 Å². The van der Waals surface area contributed by atoms with Gasteiger partial charge in [-0.3, -0.25) is 0 Å². The van der Waals surface area contributed by atoms with Crippen LogP contribution in [0.1, 0.15) is 5.69 Å². The lowest BCUT2D eigenvalue weighted by atomic mass is 10.2. The summed E-state index contributed by atoms with van der Waals surface area (Å²) in [5.74, 6) is -1.40. The summed E-state index contributed by atoms with van der Waals surface area (Å²) in [6.07, 6.45) is 0. The number of nitrogens with two attached hydrogens (primary N) is 1. The Morgan fingerprint density at radius 3 is 2.56 bits per heavy atom. The van der Waals surface area contributed by atoms with Gasteiger partial charge in [0.1, 0.15) is 5.69 Å². The molecule has 0 fully saturated rings. The smallest absolute Gasteiger partial charge is 0.151 e. The van der Waals surface area contributed by atoms with Crippen LogP contribution < -0.4 is 11.1 Å². The fourth-order valence-electron chi connectivity index (χ4n) is 1.27. The second kappa shape index (κ2) is 4.44. The Labute approximate surface area is 94.9 Å². The predicted octanol–water partition coefficient (Wildman–Crippen LogP) is 2.62. The standard InChI is InChI=1S/C10H9F2N3S/c11-8-1-6(13)2-9(12)10(8)14-3-7-4-16-5-15-7/h1-2,4-5,14H,3,13H2. The first-order chi connectivity index (χ1) is 7.66. The zero-order chi connectivity index (χ0) is 11.5. The Morgan fingerprint density at radius 2 is 2.00 bits per heavy atom. The first-order valence-corrected chi connectivity index (χ1v) is 5.46. The van der Waals surface area contributed by atoms with Gasteiger partial charge in [0.2, 0.25) is 0 Å². The van der Waals surface area contributed by atoms with Gasteiger partial charge in [0.15, 0.2) is 11.6 Å². The molecule has 0 saturated heterocycles. The van der Waals surface area contributed by atoms with Crippen molar-refractivity contribution in [3.05, 3.63) is 40.4 Å². The van der Waals surface area contributed by atoms with Gasteiger partial charge >= 0.3 is 0 Å². The lowest BCUT2D eigenvalue weighted by Gasteiger charge is -2.08. The van der Waals surface area contributed by atoms with Gasteiger partial charge in [-0.05, 0) is 12.1 Å². The molecule has 3 nitrogen and oxygen atoms in total. The lowest BCUT2D eigenvalue weighted by molar-refractivity contribution is 0.589. The van der Waals surface area contributed by atoms with Gasteiger partial charge in [-0.2, -0.15) is 0 Å². The first-order valence-electron chi connectivity index (χ1n) is 4.52. The summed E-state index contributed by atoms with van der Waals surface area (Å²) < 4.78 is 26.7. The van der Waals surface area contributed by atoms with Gasteiger partial charge in [-0.25, -0.2) is 13.8 Å². The molecule has 0 atom stereocenters. The second-order valence-corrected chi connectivity index (χ2v) is 3.91. The highest BCUT2D eigenvalue weighted by atomic mass is 32.1. The van der Waals surface area contributed by atoms with E-state index in [0.29, 0.717) is 0 Å². The van der Waals surface area contributed by atoms with E-state index in [9.17, 15) is 8.78 Å². The van der Waals surface area contributed by atoms with Crippen LogP contribution in [-0.4, -0.2) is 4.98 Å². The zero-order valence-electron chi connectivity index (χ0n) is 8.21. The Hall–Kier alpha value is -1.69. The van der Waals surface area contributed by atoms with Gasteiger partial charge in [0.25, 0.3) is 0 Å². The van der Waals surface area contributed by atoms with E-state index in [2.05, 4.69) is 10.3 Å². The Balaban J connectivity index is 2.15. The van der Waals surface area contributed by atoms with Gasteiger partial charge in [0.05, 0.1) is 17.7 Å². The summed E-state index contributed by atoms with van der Waals surface area (Å²) in [6, 6.07) is 2.15. The molecule has 6 heteroatoms. The number of hydrogen-bond acceptors (Lipinski definition) is 4. The minimum atomic E-state index is -0.701. The highest BCUT2D eigenvalue weighted by Crippen LogP contribution is 2.22. The van der Waals surface area contributed by atoms with Crippen molar-refractivity contribution in [3.8, 4) is 0 Å². The van der Waals surface area contributed by atoms with Gasteiger partial charge in [-0.15, -0.1) is 11.3 Å². The number of hydrogen-bond donors (Lipinski definition) is 2. The largest absolute Gasteiger partial charge is 0.399 e. The summed E-state index contributed by atoms with van der Waals surface area (Å²) in [4.78, 5) is 3.99. The van der Waals surface area contributed by atoms with Crippen molar-refractivity contribution in [2.45, 2.75) is 6.54 Å². The van der Waals surface area contributed by atoms with Crippen LogP contribution in [0.2, 0.25) is 0 Å². The normalized spacial score (nSPS) is 10.4. The molecule has 3 N–H and O–H groups in total. The van der Waals surface area contributed by atoms with Crippen molar-refractivity contribution in [2.75, 3.05) is 11.1 Å². The van der Waals surface area contributed by atoms with Crippen LogP contribution >= 0.6 is 11.3 Å². The Bertz CT molecular complexity index is 462. The summed E-state index contributed by atoms with van der Waals surface area (Å²) in [5, 5.41) is 4.46. The molecule has 0 aliphatic heterocycles. The number of benzene rings is 1. The topological polar surface area (TPSA) is 50.9 Å². The molecule has 16 heavy (non-hydrogen) atoms. The van der Waals surface area contributed by atoms with Crippen molar-refractivity contribution in [1.29, 1.82) is 0 Å². The number of anilines is 2. The van der Waals surface area contributed by atoms with Crippen LogP contribution in [0, 0.1) is 11.6 Å². The molecule has 0 bridgehead atoms. The summed E-state index contributed by atoms with van der Waals surface area (Å²) in [7, 11) is 0. The fourth-order valence-corrected chi connectivity index (χ4v) is 1.82. The number of nitrogen functional groups attached to an aromatic ring is 1. The molecule has 0 saturated carbocycles. The quantitative estimate of drug-likeness (QED) is 0.812. The fraction of sp³-hybridized carbons (Fsp3) is 0.100. The van der Waals surface area contributed by atoms with E-state index in [1.807, 2.05) is 0 Å². The molecule has 0 aliphatic rings. The Morgan fingerprint density at radius 1 is 1.31 bits per heavy atom. The number of rotatable bonds is 3. The van der Waals surface area contributed by atoms with Crippen LogP contribution in [0.4, 0.5) is 20.2 Å². The molecule has 1 aromatic carbocycles. The molecule has 0 radical (unpaired) electrons. The van der Waals surface area contributed by atoms with Crippen LogP contribution in [0.25, 0.3) is 0 Å². The maximum absolute atomic E-state index is 13.3. The van der Waals surface area contributed by atoms with Crippen LogP contribution in [-0.2, 0) is 6.54 Å². The molecule has 0 amide bonds. The molecule has 2 aromatic rings. The maximum atomic E-state index is 13.3. The Kier molecular flexibility index (Phi) is 3.00. The number of nitrogens with zero attached hydrogens (tertiary/aromatic N) is 1. The number of nitrogens with one attached hydrogen (secondary N) is 1. The minimum absolute atomic E-state index is 0.0641. The van der Waals surface area contributed by atoms with Crippen molar-refractivity contribution < 1.29 is 8.78 Å². The number of halogens is 2. The highest BCUT2D eigenvalue weighted by Gasteiger charge is 2.09. The van der Waals surface area contributed by atoms with E-state index in [4.69, 9.17) is 5.73 Å². The lowest BCUT2D eigenvalue weighted by Crippen LogP contribution is -2.05. The second-order valence-electron chi connectivity index (χ2n) is 3.19. The van der Waals surface area contributed by atoms with E-state index >= 15 is 0 Å². The molecule has 1 heterocycles. The van der Waals surface area contributed by atoms with Gasteiger partial charge < -0.3 is 11.1 Å². The van der Waals surface area contributed by atoms with E-state index < -0.39 is 11.6 Å². The van der Waals surface area contributed by atoms with E-state index in [0.717, 1.165) is 17.8 Å². The minimum Gasteiger partial charge on any atom is -0.399 e. The van der Waals surface area contributed by atoms with E-state index in [-0.39, 0.29) is 17.9 Å². The van der Waals surface area contributed by atoms with E-state index in [1.54, 1.807) is 10.9 Å². The van der Waals surface area contributed by atoms with Crippen molar-refractivity contribution in [2.24, 2.45) is 0 Å². The SMILES string of the molecule is Nc1cc(F)c(NCc2cscn2)c(F)c1. The molecule has 2 rings (SSSR count). The summed E-state index contributed by atoms with van der Waals surface area (Å²) >= 11 is 1.43. The van der Waals surface area contributed by atoms with Crippen molar-refractivity contribution in [3.63, 3.8) is 0 Å². The molecular weight excluding hydrogens is 232 g/mol. The summed E-state index contributed by atoms with van der Waals surface area (Å²) in [5.41, 5.74) is 7.58. The van der Waals surface area contributed by atoms with Crippen molar-refractivity contribution in [1.82, 2.24) is 4.98 Å². The molecule has 0 spiro atoms. The average molecular weight is 241 g/mol.